The Kier molecular flexibility index (Phi) is 8.31. The van der Waals surface area contributed by atoms with E-state index in [4.69, 9.17) is 4.74 Å². The minimum Gasteiger partial charge on any atom is -0.465 e. The molecule has 1 amide bonds. The molecule has 4 rings (SSSR count). The number of thiophene rings is 1. The Labute approximate surface area is 216 Å². The third-order valence-electron chi connectivity index (χ3n) is 5.98. The molecule has 6 heteroatoms. The fraction of sp³-hybridized carbons (Fsp3) is 0.200. The molecule has 5 nitrogen and oxygen atoms in total. The van der Waals surface area contributed by atoms with Gasteiger partial charge in [0, 0.05) is 24.0 Å². The van der Waals surface area contributed by atoms with Crippen LogP contribution in [0.15, 0.2) is 84.2 Å². The van der Waals surface area contributed by atoms with Crippen molar-refractivity contribution < 1.29 is 14.3 Å². The first-order chi connectivity index (χ1) is 17.4. The maximum atomic E-state index is 13.2. The van der Waals surface area contributed by atoms with Crippen molar-refractivity contribution in [1.82, 2.24) is 4.90 Å². The highest BCUT2D eigenvalue weighted by Gasteiger charge is 2.24. The van der Waals surface area contributed by atoms with Gasteiger partial charge in [-0.3, -0.25) is 9.69 Å². The number of esters is 1. The summed E-state index contributed by atoms with van der Waals surface area (Å²) in [6, 6.07) is 26.3. The number of hydrogen-bond donors (Lipinski definition) is 1. The molecule has 1 N–H and O–H groups in total. The van der Waals surface area contributed by atoms with Crippen molar-refractivity contribution in [1.29, 1.82) is 0 Å². The third-order valence-corrected chi connectivity index (χ3v) is 6.88. The first kappa shape index (κ1) is 25.4. The van der Waals surface area contributed by atoms with Gasteiger partial charge in [-0.1, -0.05) is 84.4 Å². The highest BCUT2D eigenvalue weighted by Crippen LogP contribution is 2.38. The molecule has 0 spiro atoms. The summed E-state index contributed by atoms with van der Waals surface area (Å²) in [7, 11) is 1.36. The lowest BCUT2D eigenvalue weighted by atomic mass is 9.97. The van der Waals surface area contributed by atoms with Crippen LogP contribution in [0, 0.1) is 13.8 Å². The molecule has 0 radical (unpaired) electrons. The van der Waals surface area contributed by atoms with Gasteiger partial charge >= 0.3 is 5.97 Å². The number of carbonyl (C=O) groups is 2. The van der Waals surface area contributed by atoms with E-state index in [0.717, 1.165) is 33.4 Å². The predicted molar refractivity (Wildman–Crippen MR) is 146 cm³/mol. The van der Waals surface area contributed by atoms with E-state index in [-0.39, 0.29) is 12.5 Å². The molecule has 0 fully saturated rings. The maximum absolute atomic E-state index is 13.2. The number of nitrogens with one attached hydrogen (secondary N) is 1. The summed E-state index contributed by atoms with van der Waals surface area (Å²) in [6.07, 6.45) is 0. The fourth-order valence-electron chi connectivity index (χ4n) is 4.20. The number of anilines is 1. The Morgan fingerprint density at radius 1 is 0.861 bits per heavy atom. The number of carbonyl (C=O) groups excluding carboxylic acids is 2. The molecule has 3 aromatic carbocycles. The van der Waals surface area contributed by atoms with Gasteiger partial charge in [0.2, 0.25) is 5.91 Å². The summed E-state index contributed by atoms with van der Waals surface area (Å²) in [6.45, 7) is 5.47. The number of methoxy groups -OCH3 is 1. The Balaban J connectivity index is 1.58. The molecule has 1 heterocycles. The van der Waals surface area contributed by atoms with Crippen molar-refractivity contribution in [3.8, 4) is 11.1 Å². The molecule has 0 atom stereocenters. The number of ether oxygens (including phenoxy) is 1. The first-order valence-electron chi connectivity index (χ1n) is 11.8. The second-order valence-electron chi connectivity index (χ2n) is 8.83. The molecule has 0 aliphatic heterocycles. The van der Waals surface area contributed by atoms with E-state index in [9.17, 15) is 9.59 Å². The number of benzene rings is 3. The number of amides is 1. The van der Waals surface area contributed by atoms with E-state index in [1.54, 1.807) is 0 Å². The quantitative estimate of drug-likeness (QED) is 0.269. The second-order valence-corrected chi connectivity index (χ2v) is 9.71. The van der Waals surface area contributed by atoms with E-state index in [1.807, 2.05) is 67.8 Å². The largest absolute Gasteiger partial charge is 0.465 e. The number of rotatable bonds is 9. The van der Waals surface area contributed by atoms with Crippen LogP contribution in [0.4, 0.5) is 5.00 Å². The van der Waals surface area contributed by atoms with Crippen LogP contribution in [0.2, 0.25) is 0 Å². The van der Waals surface area contributed by atoms with Crippen molar-refractivity contribution in [2.24, 2.45) is 0 Å². The second kappa shape index (κ2) is 11.8. The summed E-state index contributed by atoms with van der Waals surface area (Å²) < 4.78 is 5.09. The van der Waals surface area contributed by atoms with E-state index < -0.39 is 5.97 Å². The van der Waals surface area contributed by atoms with Crippen molar-refractivity contribution in [3.63, 3.8) is 0 Å². The average Bonchev–Trinajstić information content (AvgIpc) is 3.29. The third kappa shape index (κ3) is 6.27. The zero-order chi connectivity index (χ0) is 25.5. The van der Waals surface area contributed by atoms with Gasteiger partial charge < -0.3 is 10.1 Å². The number of aryl methyl sites for hydroxylation is 2. The van der Waals surface area contributed by atoms with Crippen LogP contribution in [0.25, 0.3) is 11.1 Å². The molecule has 0 saturated carbocycles. The van der Waals surface area contributed by atoms with Crippen LogP contribution in [0.3, 0.4) is 0 Å². The lowest BCUT2D eigenvalue weighted by Crippen LogP contribution is -2.32. The smallest absolute Gasteiger partial charge is 0.341 e. The molecule has 0 aliphatic carbocycles. The first-order valence-corrected chi connectivity index (χ1v) is 12.7. The summed E-state index contributed by atoms with van der Waals surface area (Å²) >= 11 is 1.34. The van der Waals surface area contributed by atoms with Crippen LogP contribution >= 0.6 is 11.3 Å². The molecule has 0 saturated heterocycles. The van der Waals surface area contributed by atoms with Gasteiger partial charge in [0.25, 0.3) is 0 Å². The van der Waals surface area contributed by atoms with Gasteiger partial charge in [-0.25, -0.2) is 4.79 Å². The number of hydrogen-bond acceptors (Lipinski definition) is 5. The van der Waals surface area contributed by atoms with Crippen molar-refractivity contribution in [3.05, 3.63) is 112 Å². The van der Waals surface area contributed by atoms with Gasteiger partial charge in [0.05, 0.1) is 13.7 Å². The molecule has 0 unspecified atom stereocenters. The van der Waals surface area contributed by atoms with Gasteiger partial charge in [-0.2, -0.15) is 0 Å². The van der Waals surface area contributed by atoms with Gasteiger partial charge in [0.1, 0.15) is 10.6 Å². The van der Waals surface area contributed by atoms with Gasteiger partial charge in [-0.15, -0.1) is 11.3 Å². The predicted octanol–water partition coefficient (Wildman–Crippen LogP) is 6.46. The minimum atomic E-state index is -0.465. The summed E-state index contributed by atoms with van der Waals surface area (Å²) in [5.74, 6) is -0.644. The SMILES string of the molecule is COC(=O)c1c(-c2cc(C)ccc2C)csc1NC(=O)CN(Cc1ccccc1)Cc1ccccc1. The summed E-state index contributed by atoms with van der Waals surface area (Å²) in [5, 5.41) is 5.40. The molecule has 0 bridgehead atoms. The van der Waals surface area contributed by atoms with Crippen molar-refractivity contribution in [2.45, 2.75) is 26.9 Å². The lowest BCUT2D eigenvalue weighted by Gasteiger charge is -2.22. The van der Waals surface area contributed by atoms with E-state index in [0.29, 0.717) is 23.7 Å². The Hall–Kier alpha value is -3.74. The zero-order valence-corrected chi connectivity index (χ0v) is 21.6. The van der Waals surface area contributed by atoms with Gasteiger partial charge in [-0.05, 0) is 36.1 Å². The molecule has 36 heavy (non-hydrogen) atoms. The monoisotopic (exact) mass is 498 g/mol. The lowest BCUT2D eigenvalue weighted by molar-refractivity contribution is -0.117. The summed E-state index contributed by atoms with van der Waals surface area (Å²) in [5.41, 5.74) is 6.53. The highest BCUT2D eigenvalue weighted by atomic mass is 32.1. The van der Waals surface area contributed by atoms with Crippen LogP contribution < -0.4 is 5.32 Å². The normalized spacial score (nSPS) is 10.9. The van der Waals surface area contributed by atoms with E-state index >= 15 is 0 Å². The van der Waals surface area contributed by atoms with Crippen LogP contribution in [0.1, 0.15) is 32.6 Å². The topological polar surface area (TPSA) is 58.6 Å². The highest BCUT2D eigenvalue weighted by molar-refractivity contribution is 7.15. The van der Waals surface area contributed by atoms with E-state index in [1.165, 1.54) is 18.4 Å². The van der Waals surface area contributed by atoms with Crippen LogP contribution in [-0.2, 0) is 22.6 Å². The molecular formula is C30H30N2O3S. The summed E-state index contributed by atoms with van der Waals surface area (Å²) in [4.78, 5) is 28.1. The molecule has 1 aromatic heterocycles. The molecule has 0 aliphatic rings. The molecule has 184 valence electrons. The Morgan fingerprint density at radius 2 is 1.47 bits per heavy atom. The fourth-order valence-corrected chi connectivity index (χ4v) is 5.16. The molecule has 4 aromatic rings. The number of nitrogens with zero attached hydrogens (tertiary/aromatic N) is 1. The minimum absolute atomic E-state index is 0.179. The zero-order valence-electron chi connectivity index (χ0n) is 20.8. The van der Waals surface area contributed by atoms with E-state index in [2.05, 4.69) is 40.5 Å². The molecular weight excluding hydrogens is 468 g/mol. The van der Waals surface area contributed by atoms with Crippen LogP contribution in [0.5, 0.6) is 0 Å². The Bertz CT molecular complexity index is 1290. The van der Waals surface area contributed by atoms with Crippen LogP contribution in [-0.4, -0.2) is 30.4 Å². The van der Waals surface area contributed by atoms with Crippen molar-refractivity contribution >= 4 is 28.2 Å². The van der Waals surface area contributed by atoms with Crippen molar-refractivity contribution in [2.75, 3.05) is 19.0 Å². The van der Waals surface area contributed by atoms with Gasteiger partial charge in [0.15, 0.2) is 0 Å². The average molecular weight is 499 g/mol. The standard InChI is InChI=1S/C30H30N2O3S/c1-21-14-15-22(2)25(16-21)26-20-36-29(28(26)30(34)35-3)31-27(33)19-32(17-23-10-6-4-7-11-23)18-24-12-8-5-9-13-24/h4-16,20H,17-19H2,1-3H3,(H,31,33). The maximum Gasteiger partial charge on any atom is 0.341 e. The Morgan fingerprint density at radius 3 is 2.06 bits per heavy atom.